The lowest BCUT2D eigenvalue weighted by Crippen LogP contribution is -2.10. The molecule has 0 spiro atoms. The van der Waals surface area contributed by atoms with Gasteiger partial charge in [0.1, 0.15) is 0 Å². The molecule has 0 amide bonds. The molecule has 1 aliphatic rings. The SMILES string of the molecule is c1ccc(CCCNc2cccc3c2CCCC3)cc1. The predicted molar refractivity (Wildman–Crippen MR) is 86.3 cm³/mol. The van der Waals surface area contributed by atoms with Crippen LogP contribution in [0, 0.1) is 0 Å². The number of rotatable bonds is 5. The van der Waals surface area contributed by atoms with Gasteiger partial charge in [0.25, 0.3) is 0 Å². The number of benzene rings is 2. The molecule has 0 radical (unpaired) electrons. The molecule has 0 aliphatic heterocycles. The lowest BCUT2D eigenvalue weighted by Gasteiger charge is -2.20. The van der Waals surface area contributed by atoms with Crippen LogP contribution < -0.4 is 5.32 Å². The van der Waals surface area contributed by atoms with Gasteiger partial charge < -0.3 is 5.32 Å². The molecule has 0 saturated carbocycles. The zero-order valence-electron chi connectivity index (χ0n) is 12.1. The molecular formula is C19H23N. The Kier molecular flexibility index (Phi) is 4.37. The van der Waals surface area contributed by atoms with Gasteiger partial charge >= 0.3 is 0 Å². The summed E-state index contributed by atoms with van der Waals surface area (Å²) >= 11 is 0. The number of hydrogen-bond donors (Lipinski definition) is 1. The third kappa shape index (κ3) is 3.22. The zero-order valence-corrected chi connectivity index (χ0v) is 12.1. The highest BCUT2D eigenvalue weighted by Gasteiger charge is 2.12. The first-order valence-electron chi connectivity index (χ1n) is 7.82. The second kappa shape index (κ2) is 6.60. The minimum atomic E-state index is 1.06. The molecule has 0 atom stereocenters. The molecule has 1 nitrogen and oxygen atoms in total. The normalized spacial score (nSPS) is 13.8. The fourth-order valence-electron chi connectivity index (χ4n) is 3.11. The van der Waals surface area contributed by atoms with Gasteiger partial charge in [0.15, 0.2) is 0 Å². The molecule has 2 aromatic rings. The highest BCUT2D eigenvalue weighted by atomic mass is 14.9. The minimum absolute atomic E-state index is 1.06. The standard InChI is InChI=1S/C19H23N/c1-2-8-16(9-3-1)10-7-15-20-19-14-6-12-17-11-4-5-13-18(17)19/h1-3,6,8-9,12,14,20H,4-5,7,10-11,13,15H2. The van der Waals surface area contributed by atoms with E-state index < -0.39 is 0 Å². The average molecular weight is 265 g/mol. The van der Waals surface area contributed by atoms with Crippen LogP contribution in [0.4, 0.5) is 5.69 Å². The van der Waals surface area contributed by atoms with Crippen molar-refractivity contribution in [2.24, 2.45) is 0 Å². The van der Waals surface area contributed by atoms with Crippen molar-refractivity contribution in [1.82, 2.24) is 0 Å². The molecular weight excluding hydrogens is 242 g/mol. The second-order valence-electron chi connectivity index (χ2n) is 5.67. The van der Waals surface area contributed by atoms with E-state index in [9.17, 15) is 0 Å². The smallest absolute Gasteiger partial charge is 0.0375 e. The van der Waals surface area contributed by atoms with Gasteiger partial charge in [-0.15, -0.1) is 0 Å². The Hall–Kier alpha value is -1.76. The number of hydrogen-bond acceptors (Lipinski definition) is 1. The van der Waals surface area contributed by atoms with Gasteiger partial charge in [-0.3, -0.25) is 0 Å². The van der Waals surface area contributed by atoms with E-state index in [4.69, 9.17) is 0 Å². The van der Waals surface area contributed by atoms with Crippen LogP contribution in [-0.4, -0.2) is 6.54 Å². The van der Waals surface area contributed by atoms with E-state index >= 15 is 0 Å². The molecule has 3 rings (SSSR count). The van der Waals surface area contributed by atoms with E-state index in [0.29, 0.717) is 0 Å². The molecule has 0 heterocycles. The van der Waals surface area contributed by atoms with Gasteiger partial charge in [-0.05, 0) is 61.3 Å². The third-order valence-electron chi connectivity index (χ3n) is 4.20. The Morgan fingerprint density at radius 1 is 0.850 bits per heavy atom. The van der Waals surface area contributed by atoms with Crippen LogP contribution in [0.1, 0.15) is 36.0 Å². The van der Waals surface area contributed by atoms with Crippen LogP contribution >= 0.6 is 0 Å². The quantitative estimate of drug-likeness (QED) is 0.778. The van der Waals surface area contributed by atoms with E-state index in [1.807, 2.05) is 0 Å². The summed E-state index contributed by atoms with van der Waals surface area (Å²) in [5, 5.41) is 3.64. The molecule has 1 heteroatoms. The monoisotopic (exact) mass is 265 g/mol. The van der Waals surface area contributed by atoms with E-state index in [-0.39, 0.29) is 0 Å². The van der Waals surface area contributed by atoms with Crippen molar-refractivity contribution < 1.29 is 0 Å². The van der Waals surface area contributed by atoms with E-state index in [1.165, 1.54) is 43.4 Å². The van der Waals surface area contributed by atoms with Crippen LogP contribution in [0.2, 0.25) is 0 Å². The summed E-state index contributed by atoms with van der Waals surface area (Å²) in [4.78, 5) is 0. The summed E-state index contributed by atoms with van der Waals surface area (Å²) in [5.74, 6) is 0. The van der Waals surface area contributed by atoms with Crippen molar-refractivity contribution in [1.29, 1.82) is 0 Å². The number of nitrogens with one attached hydrogen (secondary N) is 1. The summed E-state index contributed by atoms with van der Waals surface area (Å²) < 4.78 is 0. The topological polar surface area (TPSA) is 12.0 Å². The Morgan fingerprint density at radius 2 is 1.70 bits per heavy atom. The van der Waals surface area contributed by atoms with Crippen LogP contribution in [0.3, 0.4) is 0 Å². The van der Waals surface area contributed by atoms with Crippen LogP contribution in [0.5, 0.6) is 0 Å². The summed E-state index contributed by atoms with van der Waals surface area (Å²) in [7, 11) is 0. The largest absolute Gasteiger partial charge is 0.385 e. The molecule has 1 N–H and O–H groups in total. The number of aryl methyl sites for hydroxylation is 2. The van der Waals surface area contributed by atoms with Crippen molar-refractivity contribution in [3.8, 4) is 0 Å². The van der Waals surface area contributed by atoms with Crippen LogP contribution in [0.15, 0.2) is 48.5 Å². The lowest BCUT2D eigenvalue weighted by molar-refractivity contribution is 0.686. The van der Waals surface area contributed by atoms with Crippen LogP contribution in [0.25, 0.3) is 0 Å². The van der Waals surface area contributed by atoms with Gasteiger partial charge in [0, 0.05) is 12.2 Å². The van der Waals surface area contributed by atoms with Crippen molar-refractivity contribution in [2.75, 3.05) is 11.9 Å². The summed E-state index contributed by atoms with van der Waals surface area (Å²) in [6.45, 7) is 1.06. The molecule has 1 aliphatic carbocycles. The van der Waals surface area contributed by atoms with E-state index in [0.717, 1.165) is 13.0 Å². The maximum absolute atomic E-state index is 3.64. The Morgan fingerprint density at radius 3 is 2.60 bits per heavy atom. The van der Waals surface area contributed by atoms with Crippen molar-refractivity contribution >= 4 is 5.69 Å². The second-order valence-corrected chi connectivity index (χ2v) is 5.67. The Labute approximate surface area is 122 Å². The lowest BCUT2D eigenvalue weighted by atomic mass is 9.90. The molecule has 0 unspecified atom stereocenters. The maximum atomic E-state index is 3.64. The molecule has 104 valence electrons. The minimum Gasteiger partial charge on any atom is -0.385 e. The predicted octanol–water partition coefficient (Wildman–Crippen LogP) is 4.61. The fraction of sp³-hybridized carbons (Fsp3) is 0.368. The maximum Gasteiger partial charge on any atom is 0.0375 e. The van der Waals surface area contributed by atoms with Crippen molar-refractivity contribution in [3.05, 3.63) is 65.2 Å². The molecule has 0 saturated heterocycles. The van der Waals surface area contributed by atoms with Crippen molar-refractivity contribution in [2.45, 2.75) is 38.5 Å². The molecule has 20 heavy (non-hydrogen) atoms. The number of fused-ring (bicyclic) bond motifs is 1. The Balaban J connectivity index is 1.54. The summed E-state index contributed by atoms with van der Waals surface area (Å²) in [5.41, 5.74) is 5.93. The summed E-state index contributed by atoms with van der Waals surface area (Å²) in [6, 6.07) is 17.5. The van der Waals surface area contributed by atoms with Gasteiger partial charge in [0.05, 0.1) is 0 Å². The first-order valence-corrected chi connectivity index (χ1v) is 7.82. The fourth-order valence-corrected chi connectivity index (χ4v) is 3.11. The molecule has 0 aromatic heterocycles. The van der Waals surface area contributed by atoms with Gasteiger partial charge in [-0.2, -0.15) is 0 Å². The number of anilines is 1. The molecule has 2 aromatic carbocycles. The van der Waals surface area contributed by atoms with Gasteiger partial charge in [-0.1, -0.05) is 42.5 Å². The van der Waals surface area contributed by atoms with Gasteiger partial charge in [-0.25, -0.2) is 0 Å². The first-order chi connectivity index (χ1) is 9.93. The van der Waals surface area contributed by atoms with Crippen LogP contribution in [-0.2, 0) is 19.3 Å². The highest BCUT2D eigenvalue weighted by molar-refractivity contribution is 5.55. The van der Waals surface area contributed by atoms with E-state index in [2.05, 4.69) is 53.8 Å². The zero-order chi connectivity index (χ0) is 13.6. The van der Waals surface area contributed by atoms with Gasteiger partial charge in [0.2, 0.25) is 0 Å². The first kappa shape index (κ1) is 13.2. The Bertz CT molecular complexity index is 545. The molecule has 0 bridgehead atoms. The third-order valence-corrected chi connectivity index (χ3v) is 4.20. The van der Waals surface area contributed by atoms with E-state index in [1.54, 1.807) is 11.1 Å². The average Bonchev–Trinajstić information content (AvgIpc) is 2.53. The summed E-state index contributed by atoms with van der Waals surface area (Å²) in [6.07, 6.45) is 7.54. The molecule has 0 fully saturated rings. The van der Waals surface area contributed by atoms with Crippen molar-refractivity contribution in [3.63, 3.8) is 0 Å². The highest BCUT2D eigenvalue weighted by Crippen LogP contribution is 2.27.